The Labute approximate surface area is 60.3 Å². The van der Waals surface area contributed by atoms with E-state index in [0.717, 1.165) is 5.56 Å². The second kappa shape index (κ2) is 3.34. The monoisotopic (exact) mass is 136 g/mol. The predicted molar refractivity (Wildman–Crippen MR) is 39.4 cm³/mol. The summed E-state index contributed by atoms with van der Waals surface area (Å²) in [6.07, 6.45) is -0.624. The Morgan fingerprint density at radius 2 is 1.90 bits per heavy atom. The van der Waals surface area contributed by atoms with Crippen molar-refractivity contribution in [3.05, 3.63) is 35.9 Å². The third-order valence-electron chi connectivity index (χ3n) is 1.38. The van der Waals surface area contributed by atoms with Crippen LogP contribution in [0.15, 0.2) is 30.3 Å². The van der Waals surface area contributed by atoms with Gasteiger partial charge in [-0.1, -0.05) is 30.3 Å². The Kier molecular flexibility index (Phi) is 2.42. The van der Waals surface area contributed by atoms with Crippen LogP contribution in [0.4, 0.5) is 0 Å². The van der Waals surface area contributed by atoms with E-state index in [1.807, 2.05) is 30.3 Å². The third-order valence-corrected chi connectivity index (χ3v) is 1.38. The van der Waals surface area contributed by atoms with Crippen molar-refractivity contribution < 1.29 is 5.11 Å². The van der Waals surface area contributed by atoms with Crippen molar-refractivity contribution in [1.82, 2.24) is 5.73 Å². The van der Waals surface area contributed by atoms with Gasteiger partial charge in [0.25, 0.3) is 0 Å². The zero-order valence-electron chi connectivity index (χ0n) is 5.62. The molecule has 2 nitrogen and oxygen atoms in total. The summed E-state index contributed by atoms with van der Waals surface area (Å²) in [4.78, 5) is 0. The Balaban J connectivity index is 2.75. The highest BCUT2D eigenvalue weighted by Gasteiger charge is 2.01. The van der Waals surface area contributed by atoms with Gasteiger partial charge < -0.3 is 5.11 Å². The van der Waals surface area contributed by atoms with E-state index in [4.69, 9.17) is 10.8 Å². The minimum atomic E-state index is -0.624. The van der Waals surface area contributed by atoms with E-state index in [2.05, 4.69) is 0 Å². The Hall–Kier alpha value is -0.860. The molecule has 0 aliphatic heterocycles. The molecular formula is C8H10NO. The molecule has 0 bridgehead atoms. The SMILES string of the molecule is [NH]C[C@H](O)c1ccccc1. The molecule has 0 aromatic heterocycles. The highest BCUT2D eigenvalue weighted by molar-refractivity contribution is 5.17. The molecule has 0 aliphatic carbocycles. The van der Waals surface area contributed by atoms with Crippen LogP contribution in [-0.2, 0) is 0 Å². The summed E-state index contributed by atoms with van der Waals surface area (Å²) < 4.78 is 0. The van der Waals surface area contributed by atoms with E-state index in [1.165, 1.54) is 0 Å². The molecular weight excluding hydrogens is 126 g/mol. The largest absolute Gasteiger partial charge is 0.387 e. The van der Waals surface area contributed by atoms with Crippen molar-refractivity contribution in [3.63, 3.8) is 0 Å². The maximum absolute atomic E-state index is 9.14. The summed E-state index contributed by atoms with van der Waals surface area (Å²) in [7, 11) is 0. The molecule has 0 unspecified atom stereocenters. The number of rotatable bonds is 2. The Morgan fingerprint density at radius 1 is 1.30 bits per heavy atom. The van der Waals surface area contributed by atoms with Crippen molar-refractivity contribution >= 4 is 0 Å². The van der Waals surface area contributed by atoms with Gasteiger partial charge in [0.05, 0.1) is 6.10 Å². The van der Waals surface area contributed by atoms with Crippen molar-refractivity contribution in [3.8, 4) is 0 Å². The topological polar surface area (TPSA) is 44.0 Å². The van der Waals surface area contributed by atoms with Crippen molar-refractivity contribution in [2.45, 2.75) is 6.10 Å². The minimum Gasteiger partial charge on any atom is -0.387 e. The second-order valence-electron chi connectivity index (χ2n) is 2.13. The molecule has 1 aromatic rings. The van der Waals surface area contributed by atoms with Crippen LogP contribution in [0.3, 0.4) is 0 Å². The van der Waals surface area contributed by atoms with Gasteiger partial charge in [-0.3, -0.25) is 5.73 Å². The number of hydrogen-bond acceptors (Lipinski definition) is 1. The molecule has 2 N–H and O–H groups in total. The molecule has 0 heterocycles. The zero-order chi connectivity index (χ0) is 7.40. The molecule has 0 saturated carbocycles. The molecule has 1 rings (SSSR count). The summed E-state index contributed by atoms with van der Waals surface area (Å²) >= 11 is 0. The van der Waals surface area contributed by atoms with Gasteiger partial charge in [0.1, 0.15) is 0 Å². The first-order valence-corrected chi connectivity index (χ1v) is 3.22. The van der Waals surface area contributed by atoms with Gasteiger partial charge in [0.15, 0.2) is 0 Å². The lowest BCUT2D eigenvalue weighted by molar-refractivity contribution is 0.185. The molecule has 0 spiro atoms. The lowest BCUT2D eigenvalue weighted by atomic mass is 10.1. The van der Waals surface area contributed by atoms with Gasteiger partial charge >= 0.3 is 0 Å². The van der Waals surface area contributed by atoms with E-state index >= 15 is 0 Å². The minimum absolute atomic E-state index is 0.0318. The van der Waals surface area contributed by atoms with Gasteiger partial charge in [-0.05, 0) is 5.56 Å². The van der Waals surface area contributed by atoms with E-state index in [0.29, 0.717) is 0 Å². The molecule has 1 atom stereocenters. The maximum Gasteiger partial charge on any atom is 0.0928 e. The second-order valence-corrected chi connectivity index (χ2v) is 2.13. The fourth-order valence-electron chi connectivity index (χ4n) is 0.793. The summed E-state index contributed by atoms with van der Waals surface area (Å²) in [6.45, 7) is 0.0318. The fraction of sp³-hybridized carbons (Fsp3) is 0.250. The fourth-order valence-corrected chi connectivity index (χ4v) is 0.793. The zero-order valence-corrected chi connectivity index (χ0v) is 5.62. The molecule has 0 saturated heterocycles. The molecule has 0 amide bonds. The average Bonchev–Trinajstić information content (AvgIpc) is 2.05. The van der Waals surface area contributed by atoms with Crippen molar-refractivity contribution in [2.75, 3.05) is 6.54 Å². The first-order chi connectivity index (χ1) is 4.84. The van der Waals surface area contributed by atoms with Gasteiger partial charge in [-0.25, -0.2) is 0 Å². The number of aliphatic hydroxyl groups is 1. The number of aliphatic hydroxyl groups excluding tert-OH is 1. The average molecular weight is 136 g/mol. The van der Waals surface area contributed by atoms with Crippen LogP contribution in [0, 0.1) is 0 Å². The van der Waals surface area contributed by atoms with Crippen LogP contribution in [0.25, 0.3) is 0 Å². The van der Waals surface area contributed by atoms with Crippen LogP contribution in [0.2, 0.25) is 0 Å². The lowest BCUT2D eigenvalue weighted by Crippen LogP contribution is -2.02. The lowest BCUT2D eigenvalue weighted by Gasteiger charge is -2.05. The van der Waals surface area contributed by atoms with Crippen molar-refractivity contribution in [2.24, 2.45) is 0 Å². The van der Waals surface area contributed by atoms with E-state index in [1.54, 1.807) is 0 Å². The first-order valence-electron chi connectivity index (χ1n) is 3.22. The van der Waals surface area contributed by atoms with Crippen LogP contribution in [0.5, 0.6) is 0 Å². The van der Waals surface area contributed by atoms with E-state index < -0.39 is 6.10 Å². The molecule has 0 aliphatic rings. The molecule has 10 heavy (non-hydrogen) atoms. The molecule has 53 valence electrons. The summed E-state index contributed by atoms with van der Waals surface area (Å²) in [5.41, 5.74) is 7.71. The third kappa shape index (κ3) is 1.56. The van der Waals surface area contributed by atoms with Crippen LogP contribution >= 0.6 is 0 Å². The summed E-state index contributed by atoms with van der Waals surface area (Å²) in [5.74, 6) is 0. The highest BCUT2D eigenvalue weighted by atomic mass is 16.3. The van der Waals surface area contributed by atoms with Gasteiger partial charge in [0, 0.05) is 6.54 Å². The number of hydrogen-bond donors (Lipinski definition) is 1. The molecule has 1 aromatic carbocycles. The quantitative estimate of drug-likeness (QED) is 0.647. The van der Waals surface area contributed by atoms with Gasteiger partial charge in [-0.15, -0.1) is 0 Å². The summed E-state index contributed by atoms with van der Waals surface area (Å²) in [6, 6.07) is 9.24. The van der Waals surface area contributed by atoms with Crippen LogP contribution in [-0.4, -0.2) is 11.7 Å². The molecule has 1 radical (unpaired) electrons. The Morgan fingerprint density at radius 3 is 2.40 bits per heavy atom. The molecule has 2 heteroatoms. The smallest absolute Gasteiger partial charge is 0.0928 e. The normalized spacial score (nSPS) is 13.0. The van der Waals surface area contributed by atoms with Crippen LogP contribution < -0.4 is 5.73 Å². The van der Waals surface area contributed by atoms with Crippen molar-refractivity contribution in [1.29, 1.82) is 0 Å². The first kappa shape index (κ1) is 7.25. The highest BCUT2D eigenvalue weighted by Crippen LogP contribution is 2.09. The van der Waals surface area contributed by atoms with E-state index in [9.17, 15) is 0 Å². The predicted octanol–water partition coefficient (Wildman–Crippen LogP) is 1.00. The number of nitrogens with one attached hydrogen (secondary N) is 1. The van der Waals surface area contributed by atoms with Gasteiger partial charge in [-0.2, -0.15) is 0 Å². The van der Waals surface area contributed by atoms with E-state index in [-0.39, 0.29) is 6.54 Å². The van der Waals surface area contributed by atoms with Gasteiger partial charge in [0.2, 0.25) is 0 Å². The number of benzene rings is 1. The maximum atomic E-state index is 9.14. The molecule has 0 fully saturated rings. The van der Waals surface area contributed by atoms with Crippen LogP contribution in [0.1, 0.15) is 11.7 Å². The summed E-state index contributed by atoms with van der Waals surface area (Å²) in [5, 5.41) is 9.14. The standard InChI is InChI=1S/C8H10NO/c9-6-8(10)7-4-2-1-3-5-7/h1-5,8-10H,6H2/t8-/m0/s1. The Bertz CT molecular complexity index is 186.